The summed E-state index contributed by atoms with van der Waals surface area (Å²) in [6.45, 7) is 5.68. The summed E-state index contributed by atoms with van der Waals surface area (Å²) in [7, 11) is 0. The molecule has 172 valence electrons. The highest BCUT2D eigenvalue weighted by Crippen LogP contribution is 2.43. The van der Waals surface area contributed by atoms with Crippen LogP contribution in [0.3, 0.4) is 0 Å². The Morgan fingerprint density at radius 2 is 2.03 bits per heavy atom. The highest BCUT2D eigenvalue weighted by atomic mass is 32.1. The van der Waals surface area contributed by atoms with E-state index in [1.807, 2.05) is 32.9 Å². The van der Waals surface area contributed by atoms with E-state index in [4.69, 9.17) is 0 Å². The number of thiophene rings is 1. The van der Waals surface area contributed by atoms with Crippen molar-refractivity contribution in [1.29, 1.82) is 5.26 Å². The molecule has 2 aromatic heterocycles. The summed E-state index contributed by atoms with van der Waals surface area (Å²) in [5.41, 5.74) is 2.82. The number of nitriles is 1. The van der Waals surface area contributed by atoms with E-state index in [2.05, 4.69) is 21.8 Å². The van der Waals surface area contributed by atoms with Crippen LogP contribution >= 0.6 is 11.3 Å². The number of alkyl halides is 3. The zero-order valence-electron chi connectivity index (χ0n) is 18.2. The van der Waals surface area contributed by atoms with Gasteiger partial charge in [0.25, 0.3) is 5.91 Å². The molecular weight excluding hydrogens is 451 g/mol. The minimum Gasteiger partial charge on any atom is -0.363 e. The fourth-order valence-electron chi connectivity index (χ4n) is 4.08. The number of aromatic nitrogens is 2. The van der Waals surface area contributed by atoms with Gasteiger partial charge in [0.15, 0.2) is 11.7 Å². The summed E-state index contributed by atoms with van der Waals surface area (Å²) in [6.07, 6.45) is -4.14. The average molecular weight is 474 g/mol. The molecule has 1 aliphatic rings. The van der Waals surface area contributed by atoms with Crippen LogP contribution in [-0.4, -0.2) is 21.9 Å². The number of anilines is 2. The van der Waals surface area contributed by atoms with Gasteiger partial charge in [0.2, 0.25) is 0 Å². The van der Waals surface area contributed by atoms with E-state index < -0.39 is 24.2 Å². The van der Waals surface area contributed by atoms with Crippen molar-refractivity contribution < 1.29 is 18.0 Å². The number of benzene rings is 1. The van der Waals surface area contributed by atoms with Crippen LogP contribution in [0, 0.1) is 25.2 Å². The van der Waals surface area contributed by atoms with Gasteiger partial charge in [-0.25, -0.2) is 4.68 Å². The molecule has 2 N–H and O–H groups in total. The number of rotatable bonds is 4. The monoisotopic (exact) mass is 473 g/mol. The molecule has 3 heterocycles. The van der Waals surface area contributed by atoms with Gasteiger partial charge in [-0.2, -0.15) is 23.5 Å². The molecule has 10 heteroatoms. The summed E-state index contributed by atoms with van der Waals surface area (Å²) in [6, 6.07) is 8.29. The van der Waals surface area contributed by atoms with Crippen molar-refractivity contribution in [2.45, 2.75) is 51.9 Å². The van der Waals surface area contributed by atoms with Crippen LogP contribution in [0.2, 0.25) is 0 Å². The van der Waals surface area contributed by atoms with Crippen LogP contribution in [0.5, 0.6) is 0 Å². The lowest BCUT2D eigenvalue weighted by Gasteiger charge is -2.33. The number of amides is 1. The number of hydrogen-bond acceptors (Lipinski definition) is 5. The smallest absolute Gasteiger partial charge is 0.363 e. The van der Waals surface area contributed by atoms with Gasteiger partial charge in [-0.05, 0) is 31.4 Å². The first-order chi connectivity index (χ1) is 15.6. The Kier molecular flexibility index (Phi) is 5.93. The van der Waals surface area contributed by atoms with Crippen LogP contribution in [0.4, 0.5) is 24.0 Å². The number of nitrogens with zero attached hydrogens (tertiary/aromatic N) is 3. The molecule has 3 aromatic rings. The van der Waals surface area contributed by atoms with E-state index in [1.54, 1.807) is 12.1 Å². The molecule has 33 heavy (non-hydrogen) atoms. The second-order valence-electron chi connectivity index (χ2n) is 8.02. The molecule has 0 bridgehead atoms. The van der Waals surface area contributed by atoms with Crippen LogP contribution in [0.15, 0.2) is 30.3 Å². The molecule has 0 fully saturated rings. The molecule has 0 radical (unpaired) electrons. The predicted molar refractivity (Wildman–Crippen MR) is 121 cm³/mol. The van der Waals surface area contributed by atoms with Crippen molar-refractivity contribution in [2.75, 3.05) is 10.6 Å². The number of nitrogens with one attached hydrogen (secondary N) is 2. The van der Waals surface area contributed by atoms with Gasteiger partial charge >= 0.3 is 6.18 Å². The van der Waals surface area contributed by atoms with Gasteiger partial charge in [0, 0.05) is 17.4 Å². The molecule has 0 saturated heterocycles. The fourth-order valence-corrected chi connectivity index (χ4v) is 5.17. The minimum absolute atomic E-state index is 0.122. The van der Waals surface area contributed by atoms with E-state index in [1.165, 1.54) is 17.4 Å². The molecule has 0 unspecified atom stereocenters. The third-order valence-corrected chi connectivity index (χ3v) is 6.87. The Balaban J connectivity index is 1.66. The number of hydrogen-bond donors (Lipinski definition) is 2. The highest BCUT2D eigenvalue weighted by Gasteiger charge is 2.46. The van der Waals surface area contributed by atoms with Gasteiger partial charge in [0.05, 0.1) is 11.6 Å². The number of aryl methyl sites for hydroxylation is 2. The Morgan fingerprint density at radius 3 is 2.64 bits per heavy atom. The largest absolute Gasteiger partial charge is 0.410 e. The maximum Gasteiger partial charge on any atom is 0.410 e. The molecule has 4 rings (SSSR count). The summed E-state index contributed by atoms with van der Waals surface area (Å²) >= 11 is 1.27. The number of fused-ring (bicyclic) bond motifs is 1. The quantitative estimate of drug-likeness (QED) is 0.494. The van der Waals surface area contributed by atoms with E-state index in [9.17, 15) is 23.2 Å². The minimum atomic E-state index is -4.53. The second-order valence-corrected chi connectivity index (χ2v) is 9.25. The van der Waals surface area contributed by atoms with Crippen molar-refractivity contribution in [1.82, 2.24) is 9.78 Å². The molecule has 0 spiro atoms. The lowest BCUT2D eigenvalue weighted by molar-refractivity contribution is -0.173. The van der Waals surface area contributed by atoms with Crippen molar-refractivity contribution in [3.8, 4) is 6.07 Å². The molecular formula is C23H22F3N5OS. The number of carbonyl (C=O) groups excluding carboxylic acids is 1. The topological polar surface area (TPSA) is 82.7 Å². The molecule has 0 aliphatic carbocycles. The predicted octanol–water partition coefficient (Wildman–Crippen LogP) is 5.91. The van der Waals surface area contributed by atoms with E-state index in [-0.39, 0.29) is 17.9 Å². The highest BCUT2D eigenvalue weighted by molar-refractivity contribution is 7.16. The van der Waals surface area contributed by atoms with Crippen molar-refractivity contribution >= 4 is 28.1 Å². The Morgan fingerprint density at radius 1 is 1.33 bits per heavy atom. The van der Waals surface area contributed by atoms with Crippen molar-refractivity contribution in [2.24, 2.45) is 0 Å². The van der Waals surface area contributed by atoms with Gasteiger partial charge in [-0.1, -0.05) is 36.8 Å². The van der Waals surface area contributed by atoms with E-state index >= 15 is 0 Å². The lowest BCUT2D eigenvalue weighted by Crippen LogP contribution is -2.35. The van der Waals surface area contributed by atoms with Gasteiger partial charge in [-0.3, -0.25) is 4.79 Å². The Hall–Kier alpha value is -3.32. The maximum atomic E-state index is 13.9. The third-order valence-electron chi connectivity index (χ3n) is 5.80. The summed E-state index contributed by atoms with van der Waals surface area (Å²) in [4.78, 5) is 13.8. The van der Waals surface area contributed by atoms with Gasteiger partial charge in [0.1, 0.15) is 16.9 Å². The number of halogens is 3. The summed E-state index contributed by atoms with van der Waals surface area (Å²) in [5.74, 6) is -0.539. The Labute approximate surface area is 193 Å². The van der Waals surface area contributed by atoms with Gasteiger partial charge in [-0.15, -0.1) is 11.3 Å². The first kappa shape index (κ1) is 22.9. The first-order valence-corrected chi connectivity index (χ1v) is 11.3. The summed E-state index contributed by atoms with van der Waals surface area (Å²) in [5, 5.41) is 19.6. The molecule has 1 aromatic carbocycles. The maximum absolute atomic E-state index is 13.9. The molecule has 6 nitrogen and oxygen atoms in total. The average Bonchev–Trinajstić information content (AvgIpc) is 3.32. The van der Waals surface area contributed by atoms with E-state index in [0.29, 0.717) is 17.0 Å². The zero-order valence-corrected chi connectivity index (χ0v) is 19.1. The Bertz CT molecular complexity index is 1240. The normalized spacial score (nSPS) is 17.7. The van der Waals surface area contributed by atoms with Crippen LogP contribution in [-0.2, 0) is 6.42 Å². The lowest BCUT2D eigenvalue weighted by atomic mass is 9.96. The van der Waals surface area contributed by atoms with Crippen LogP contribution < -0.4 is 10.6 Å². The third kappa shape index (κ3) is 4.33. The van der Waals surface area contributed by atoms with Crippen molar-refractivity contribution in [3.05, 3.63) is 63.2 Å². The van der Waals surface area contributed by atoms with Gasteiger partial charge < -0.3 is 10.6 Å². The molecule has 1 aliphatic heterocycles. The second kappa shape index (κ2) is 8.56. The first-order valence-electron chi connectivity index (χ1n) is 10.5. The molecule has 0 saturated carbocycles. The standard InChI is InChI=1S/C23H22F3N5OS/c1-4-15-13(3)33-22(16(15)11-27)29-21(32)18-10-20-28-17(14-7-5-12(2)6-8-14)9-19(23(24,25)26)31(20)30-18/h5-8,10,17,19,28H,4,9H2,1-3H3,(H,29,32)/t17-,19-/m1/s1. The fraction of sp³-hybridized carbons (Fsp3) is 0.348. The zero-order chi connectivity index (χ0) is 23.9. The molecule has 2 atom stereocenters. The van der Waals surface area contributed by atoms with Crippen molar-refractivity contribution in [3.63, 3.8) is 0 Å². The molecule has 1 amide bonds. The van der Waals surface area contributed by atoms with Crippen LogP contribution in [0.1, 0.15) is 63.0 Å². The van der Waals surface area contributed by atoms with E-state index in [0.717, 1.165) is 26.2 Å². The number of carbonyl (C=O) groups is 1. The summed E-state index contributed by atoms with van der Waals surface area (Å²) < 4.78 is 42.5. The SMILES string of the molecule is CCc1c(C)sc(NC(=O)c2cc3n(n2)[C@@H](C(F)(F)F)C[C@H](c2ccc(C)cc2)N3)c1C#N. The van der Waals surface area contributed by atoms with Crippen LogP contribution in [0.25, 0.3) is 0 Å².